The van der Waals surface area contributed by atoms with Gasteiger partial charge < -0.3 is 5.32 Å². The Labute approximate surface area is 110 Å². The maximum Gasteiger partial charge on any atom is 0.123 e. The molecular weight excluding hydrogens is 253 g/mol. The Morgan fingerprint density at radius 2 is 2.28 bits per heavy atom. The fourth-order valence-electron chi connectivity index (χ4n) is 1.89. The molecule has 0 amide bonds. The number of nitrogens with zero attached hydrogens (tertiary/aromatic N) is 2. The van der Waals surface area contributed by atoms with E-state index in [0.717, 1.165) is 11.3 Å². The first-order valence-corrected chi connectivity index (χ1v) is 6.32. The van der Waals surface area contributed by atoms with Crippen molar-refractivity contribution < 1.29 is 4.39 Å². The Kier molecular flexibility index (Phi) is 3.06. The van der Waals surface area contributed by atoms with E-state index in [1.807, 2.05) is 0 Å². The predicted molar refractivity (Wildman–Crippen MR) is 68.4 cm³/mol. The van der Waals surface area contributed by atoms with E-state index in [4.69, 9.17) is 11.6 Å². The van der Waals surface area contributed by atoms with Crippen molar-refractivity contribution in [3.8, 4) is 5.69 Å². The quantitative estimate of drug-likeness (QED) is 0.921. The third-order valence-electron chi connectivity index (χ3n) is 3.00. The molecule has 3 nitrogen and oxygen atoms in total. The Bertz CT molecular complexity index is 563. The van der Waals surface area contributed by atoms with Crippen molar-refractivity contribution in [3.05, 3.63) is 47.0 Å². The zero-order valence-electron chi connectivity index (χ0n) is 9.74. The third kappa shape index (κ3) is 2.54. The normalized spacial score (nSPS) is 15.0. The van der Waals surface area contributed by atoms with Crippen LogP contribution in [0.1, 0.15) is 18.4 Å². The van der Waals surface area contributed by atoms with Crippen LogP contribution >= 0.6 is 11.6 Å². The molecule has 18 heavy (non-hydrogen) atoms. The van der Waals surface area contributed by atoms with Gasteiger partial charge >= 0.3 is 0 Å². The average molecular weight is 266 g/mol. The van der Waals surface area contributed by atoms with Gasteiger partial charge in [0.2, 0.25) is 0 Å². The van der Waals surface area contributed by atoms with Gasteiger partial charge in [-0.3, -0.25) is 0 Å². The first-order chi connectivity index (χ1) is 8.72. The van der Waals surface area contributed by atoms with Crippen LogP contribution < -0.4 is 5.32 Å². The van der Waals surface area contributed by atoms with Crippen molar-refractivity contribution in [3.63, 3.8) is 0 Å². The summed E-state index contributed by atoms with van der Waals surface area (Å²) in [7, 11) is 0. The van der Waals surface area contributed by atoms with Crippen molar-refractivity contribution in [2.75, 3.05) is 0 Å². The molecule has 2 aromatic rings. The molecule has 0 spiro atoms. The van der Waals surface area contributed by atoms with Crippen LogP contribution in [-0.2, 0) is 6.54 Å². The van der Waals surface area contributed by atoms with Gasteiger partial charge in [0.1, 0.15) is 5.82 Å². The summed E-state index contributed by atoms with van der Waals surface area (Å²) in [6, 6.07) is 5.29. The summed E-state index contributed by atoms with van der Waals surface area (Å²) in [6.45, 7) is 0.648. The summed E-state index contributed by atoms with van der Waals surface area (Å²) in [5, 5.41) is 8.10. The lowest BCUT2D eigenvalue weighted by atomic mass is 10.1. The fraction of sp³-hybridized carbons (Fsp3) is 0.308. The van der Waals surface area contributed by atoms with Gasteiger partial charge in [-0.1, -0.05) is 11.6 Å². The van der Waals surface area contributed by atoms with E-state index in [0.29, 0.717) is 17.6 Å². The number of rotatable bonds is 4. The van der Waals surface area contributed by atoms with Crippen molar-refractivity contribution >= 4 is 11.6 Å². The molecule has 0 radical (unpaired) electrons. The van der Waals surface area contributed by atoms with E-state index in [9.17, 15) is 4.39 Å². The molecule has 1 aromatic carbocycles. The molecule has 1 heterocycles. The van der Waals surface area contributed by atoms with Crippen LogP contribution in [0.2, 0.25) is 5.02 Å². The van der Waals surface area contributed by atoms with E-state index in [1.54, 1.807) is 29.2 Å². The molecule has 1 aliphatic rings. The molecule has 94 valence electrons. The van der Waals surface area contributed by atoms with Gasteiger partial charge in [-0.05, 0) is 36.6 Å². The molecule has 0 atom stereocenters. The van der Waals surface area contributed by atoms with E-state index in [-0.39, 0.29) is 5.82 Å². The first kappa shape index (κ1) is 11.7. The summed E-state index contributed by atoms with van der Waals surface area (Å²) in [5.41, 5.74) is 1.75. The maximum absolute atomic E-state index is 13.3. The lowest BCUT2D eigenvalue weighted by Crippen LogP contribution is -2.17. The molecule has 1 N–H and O–H groups in total. The lowest BCUT2D eigenvalue weighted by Gasteiger charge is -2.10. The second kappa shape index (κ2) is 4.71. The Morgan fingerprint density at radius 3 is 2.94 bits per heavy atom. The van der Waals surface area contributed by atoms with Crippen LogP contribution in [0.3, 0.4) is 0 Å². The maximum atomic E-state index is 13.3. The largest absolute Gasteiger partial charge is 0.310 e. The van der Waals surface area contributed by atoms with Gasteiger partial charge in [-0.2, -0.15) is 5.10 Å². The summed E-state index contributed by atoms with van der Waals surface area (Å²) in [6.07, 6.45) is 5.70. The molecule has 1 saturated carbocycles. The van der Waals surface area contributed by atoms with Gasteiger partial charge in [0.05, 0.1) is 16.9 Å². The molecule has 1 fully saturated rings. The van der Waals surface area contributed by atoms with Crippen LogP contribution in [0.5, 0.6) is 0 Å². The topological polar surface area (TPSA) is 29.9 Å². The predicted octanol–water partition coefficient (Wildman–Crippen LogP) is 2.92. The molecular formula is C13H13ClFN3. The fourth-order valence-corrected chi connectivity index (χ4v) is 2.03. The molecule has 5 heteroatoms. The molecule has 1 aliphatic carbocycles. The average Bonchev–Trinajstić information content (AvgIpc) is 3.08. The second-order valence-electron chi connectivity index (χ2n) is 4.53. The highest BCUT2D eigenvalue weighted by Crippen LogP contribution is 2.22. The minimum Gasteiger partial charge on any atom is -0.310 e. The summed E-state index contributed by atoms with van der Waals surface area (Å²) >= 11 is 5.86. The highest BCUT2D eigenvalue weighted by atomic mass is 35.5. The van der Waals surface area contributed by atoms with E-state index in [2.05, 4.69) is 10.4 Å². The minimum absolute atomic E-state index is 0.232. The van der Waals surface area contributed by atoms with Crippen molar-refractivity contribution in [1.29, 1.82) is 0 Å². The van der Waals surface area contributed by atoms with Crippen LogP contribution in [0.15, 0.2) is 30.6 Å². The zero-order chi connectivity index (χ0) is 12.5. The van der Waals surface area contributed by atoms with Gasteiger partial charge in [-0.15, -0.1) is 0 Å². The van der Waals surface area contributed by atoms with Crippen LogP contribution in [-0.4, -0.2) is 15.8 Å². The Hall–Kier alpha value is -1.39. The molecule has 0 unspecified atom stereocenters. The number of hydrogen-bond donors (Lipinski definition) is 1. The van der Waals surface area contributed by atoms with Crippen LogP contribution in [0, 0.1) is 5.82 Å². The first-order valence-electron chi connectivity index (χ1n) is 5.95. The number of benzene rings is 1. The number of hydrogen-bond acceptors (Lipinski definition) is 2. The van der Waals surface area contributed by atoms with Crippen LogP contribution in [0.25, 0.3) is 5.69 Å². The number of halogens is 2. The molecule has 3 rings (SSSR count). The minimum atomic E-state index is -0.232. The standard InChI is InChI=1S/C13H13ClFN3/c14-10-7-17-18(8-10)13-4-1-11(15)5-9(13)6-16-12-2-3-12/h1,4-5,7-8,12,16H,2-3,6H2. The number of aromatic nitrogens is 2. The lowest BCUT2D eigenvalue weighted by molar-refractivity contribution is 0.617. The van der Waals surface area contributed by atoms with Gasteiger partial charge in [-0.25, -0.2) is 9.07 Å². The molecule has 0 saturated heterocycles. The van der Waals surface area contributed by atoms with Crippen LogP contribution in [0.4, 0.5) is 4.39 Å². The monoisotopic (exact) mass is 265 g/mol. The zero-order valence-corrected chi connectivity index (χ0v) is 10.5. The summed E-state index contributed by atoms with van der Waals surface area (Å²) in [5.74, 6) is -0.232. The Morgan fingerprint density at radius 1 is 1.44 bits per heavy atom. The summed E-state index contributed by atoms with van der Waals surface area (Å²) < 4.78 is 15.0. The molecule has 0 aliphatic heterocycles. The third-order valence-corrected chi connectivity index (χ3v) is 3.19. The van der Waals surface area contributed by atoms with E-state index in [1.165, 1.54) is 18.9 Å². The highest BCUT2D eigenvalue weighted by molar-refractivity contribution is 6.30. The summed E-state index contributed by atoms with van der Waals surface area (Å²) in [4.78, 5) is 0. The molecule has 1 aromatic heterocycles. The Balaban J connectivity index is 1.91. The van der Waals surface area contributed by atoms with Crippen molar-refractivity contribution in [1.82, 2.24) is 15.1 Å². The van der Waals surface area contributed by atoms with Gasteiger partial charge in [0.15, 0.2) is 0 Å². The van der Waals surface area contributed by atoms with Crippen molar-refractivity contribution in [2.24, 2.45) is 0 Å². The van der Waals surface area contributed by atoms with E-state index >= 15 is 0 Å². The van der Waals surface area contributed by atoms with Gasteiger partial charge in [0.25, 0.3) is 0 Å². The SMILES string of the molecule is Fc1ccc(-n2cc(Cl)cn2)c(CNC2CC2)c1. The smallest absolute Gasteiger partial charge is 0.123 e. The number of nitrogens with one attached hydrogen (secondary N) is 1. The second-order valence-corrected chi connectivity index (χ2v) is 4.97. The van der Waals surface area contributed by atoms with Gasteiger partial charge in [0, 0.05) is 18.8 Å². The molecule has 0 bridgehead atoms. The van der Waals surface area contributed by atoms with Crippen molar-refractivity contribution in [2.45, 2.75) is 25.4 Å². The highest BCUT2D eigenvalue weighted by Gasteiger charge is 2.20. The van der Waals surface area contributed by atoms with E-state index < -0.39 is 0 Å².